The first kappa shape index (κ1) is 68.0. The Hall–Kier alpha value is -4.97. The first-order valence-corrected chi connectivity index (χ1v) is 29.0. The van der Waals surface area contributed by atoms with Crippen LogP contribution >= 0.6 is 0 Å². The second-order valence-electron chi connectivity index (χ2n) is 18.4. The van der Waals surface area contributed by atoms with Gasteiger partial charge in [0.2, 0.25) is 0 Å². The van der Waals surface area contributed by atoms with Crippen molar-refractivity contribution < 1.29 is 28.6 Å². The molecule has 1 atom stereocenters. The van der Waals surface area contributed by atoms with Crippen LogP contribution in [0.25, 0.3) is 0 Å². The maximum atomic E-state index is 12.8. The fourth-order valence-corrected chi connectivity index (χ4v) is 7.25. The van der Waals surface area contributed by atoms with Crippen molar-refractivity contribution in [2.45, 2.75) is 232 Å². The molecule has 0 saturated heterocycles. The number of rotatable bonds is 50. The lowest BCUT2D eigenvalue weighted by Gasteiger charge is -2.18. The molecule has 0 heterocycles. The summed E-state index contributed by atoms with van der Waals surface area (Å²) in [5, 5.41) is 0. The third-order valence-electron chi connectivity index (χ3n) is 11.5. The maximum Gasteiger partial charge on any atom is 0.306 e. The van der Waals surface area contributed by atoms with E-state index in [4.69, 9.17) is 14.2 Å². The van der Waals surface area contributed by atoms with Crippen molar-refractivity contribution >= 4 is 17.9 Å². The standard InChI is InChI=1S/C67H104O6/c1-4-7-10-13-16-19-21-23-25-27-29-31-32-33-34-36-37-39-41-43-45-48-51-54-57-60-66(69)72-63-64(62-71-65(68)59-56-53-50-47-18-15-12-9-6-3)73-67(70)61-58-55-52-49-46-44-42-40-38-35-30-28-26-24-22-20-17-14-11-8-5-2/h7-8,10-11,16-17,19-20,23-26,29-31,33-35,37,39-40,42-43,45-46,49,64H,4-6,9,12-15,18,21-22,27-28,32,36,38,41,44,47-48,50-63H2,1-3H3/b10-7-,11-8-,19-16-,20-17-,25-23-,26-24-,31-29-,34-33-,35-30-,39-37-,42-40-,45-43-,49-46-. The van der Waals surface area contributed by atoms with Gasteiger partial charge in [-0.2, -0.15) is 0 Å². The average Bonchev–Trinajstić information content (AvgIpc) is 3.39. The number of allylic oxidation sites excluding steroid dienone is 26. The molecule has 0 saturated carbocycles. The highest BCUT2D eigenvalue weighted by Crippen LogP contribution is 2.13. The lowest BCUT2D eigenvalue weighted by Crippen LogP contribution is -2.30. The van der Waals surface area contributed by atoms with Crippen LogP contribution in [0, 0.1) is 0 Å². The molecular formula is C67H104O6. The van der Waals surface area contributed by atoms with E-state index >= 15 is 0 Å². The quantitative estimate of drug-likeness (QED) is 0.0261. The van der Waals surface area contributed by atoms with Gasteiger partial charge >= 0.3 is 17.9 Å². The molecule has 0 rings (SSSR count). The molecule has 1 unspecified atom stereocenters. The smallest absolute Gasteiger partial charge is 0.306 e. The molecule has 0 fully saturated rings. The largest absolute Gasteiger partial charge is 0.462 e. The minimum Gasteiger partial charge on any atom is -0.462 e. The van der Waals surface area contributed by atoms with Crippen LogP contribution in [0.4, 0.5) is 0 Å². The minimum absolute atomic E-state index is 0.112. The summed E-state index contributed by atoms with van der Waals surface area (Å²) in [6.45, 7) is 6.31. The Kier molecular flexibility index (Phi) is 55.5. The van der Waals surface area contributed by atoms with Gasteiger partial charge in [0.15, 0.2) is 6.10 Å². The first-order chi connectivity index (χ1) is 36.0. The Morgan fingerprint density at radius 2 is 0.534 bits per heavy atom. The second kappa shape index (κ2) is 59.6. The molecule has 0 aliphatic rings. The fourth-order valence-electron chi connectivity index (χ4n) is 7.25. The summed E-state index contributed by atoms with van der Waals surface area (Å²) in [5.74, 6) is -1.00. The Morgan fingerprint density at radius 1 is 0.288 bits per heavy atom. The van der Waals surface area contributed by atoms with Crippen molar-refractivity contribution in [2.24, 2.45) is 0 Å². The molecular weight excluding hydrogens is 901 g/mol. The number of hydrogen-bond acceptors (Lipinski definition) is 6. The van der Waals surface area contributed by atoms with E-state index in [2.05, 4.69) is 179 Å². The Bertz CT molecular complexity index is 1670. The van der Waals surface area contributed by atoms with Crippen LogP contribution in [-0.2, 0) is 28.6 Å². The van der Waals surface area contributed by atoms with Crippen LogP contribution in [-0.4, -0.2) is 37.2 Å². The van der Waals surface area contributed by atoms with Crippen molar-refractivity contribution in [1.82, 2.24) is 0 Å². The molecule has 6 nitrogen and oxygen atoms in total. The lowest BCUT2D eigenvalue weighted by molar-refractivity contribution is -0.167. The summed E-state index contributed by atoms with van der Waals surface area (Å²) in [6, 6.07) is 0. The molecule has 6 heteroatoms. The van der Waals surface area contributed by atoms with Gasteiger partial charge in [-0.05, 0) is 128 Å². The van der Waals surface area contributed by atoms with Crippen molar-refractivity contribution in [2.75, 3.05) is 13.2 Å². The molecule has 0 aliphatic heterocycles. The van der Waals surface area contributed by atoms with Gasteiger partial charge in [0.05, 0.1) is 0 Å². The maximum absolute atomic E-state index is 12.8. The number of unbranched alkanes of at least 4 members (excludes halogenated alkanes) is 13. The lowest BCUT2D eigenvalue weighted by atomic mass is 10.1. The SMILES string of the molecule is CC/C=C\C/C=C\C/C=C\C/C=C\C/C=C\C/C=C\C/C=C\CCCCCC(=O)OCC(COC(=O)CCCCCCCCCCC)OC(=O)CCCC/C=C\C/C=C\C/C=C\C/C=C\C/C=C\C/C=C\CC. The summed E-state index contributed by atoms with van der Waals surface area (Å²) in [4.78, 5) is 38.1. The van der Waals surface area contributed by atoms with Gasteiger partial charge in [0.1, 0.15) is 13.2 Å². The first-order valence-electron chi connectivity index (χ1n) is 29.0. The number of ether oxygens (including phenoxy) is 3. The van der Waals surface area contributed by atoms with Crippen LogP contribution < -0.4 is 0 Å². The Labute approximate surface area is 448 Å². The van der Waals surface area contributed by atoms with Crippen LogP contribution in [0.2, 0.25) is 0 Å². The predicted octanol–water partition coefficient (Wildman–Crippen LogP) is 19.8. The van der Waals surface area contributed by atoms with Crippen molar-refractivity contribution in [3.8, 4) is 0 Å². The average molecular weight is 1010 g/mol. The predicted molar refractivity (Wildman–Crippen MR) is 315 cm³/mol. The zero-order chi connectivity index (χ0) is 52.9. The van der Waals surface area contributed by atoms with Gasteiger partial charge in [-0.3, -0.25) is 14.4 Å². The second-order valence-corrected chi connectivity index (χ2v) is 18.4. The zero-order valence-corrected chi connectivity index (χ0v) is 46.6. The van der Waals surface area contributed by atoms with Crippen LogP contribution in [0.3, 0.4) is 0 Å². The number of carbonyl (C=O) groups is 3. The molecule has 0 aromatic carbocycles. The normalized spacial score (nSPS) is 13.3. The fraction of sp³-hybridized carbons (Fsp3) is 0.567. The van der Waals surface area contributed by atoms with Crippen molar-refractivity contribution in [3.05, 3.63) is 158 Å². The number of carbonyl (C=O) groups excluding carboxylic acids is 3. The Morgan fingerprint density at radius 3 is 0.863 bits per heavy atom. The molecule has 0 spiro atoms. The zero-order valence-electron chi connectivity index (χ0n) is 46.6. The Balaban J connectivity index is 4.46. The van der Waals surface area contributed by atoms with Crippen molar-refractivity contribution in [3.63, 3.8) is 0 Å². The summed E-state index contributed by atoms with van der Waals surface area (Å²) in [5.41, 5.74) is 0. The van der Waals surface area contributed by atoms with Gasteiger partial charge in [-0.15, -0.1) is 0 Å². The van der Waals surface area contributed by atoms with Gasteiger partial charge in [-0.1, -0.05) is 237 Å². The third-order valence-corrected chi connectivity index (χ3v) is 11.5. The van der Waals surface area contributed by atoms with E-state index in [1.54, 1.807) is 0 Å². The van der Waals surface area contributed by atoms with Crippen LogP contribution in [0.15, 0.2) is 158 Å². The molecule has 0 radical (unpaired) electrons. The molecule has 0 N–H and O–H groups in total. The molecule has 0 aromatic heterocycles. The monoisotopic (exact) mass is 1000 g/mol. The number of hydrogen-bond donors (Lipinski definition) is 0. The molecule has 0 bridgehead atoms. The van der Waals surface area contributed by atoms with E-state index in [0.29, 0.717) is 19.3 Å². The van der Waals surface area contributed by atoms with E-state index in [1.807, 2.05) is 0 Å². The van der Waals surface area contributed by atoms with Gasteiger partial charge in [-0.25, -0.2) is 0 Å². The van der Waals surface area contributed by atoms with Crippen LogP contribution in [0.1, 0.15) is 226 Å². The van der Waals surface area contributed by atoms with Gasteiger partial charge < -0.3 is 14.2 Å². The highest BCUT2D eigenvalue weighted by Gasteiger charge is 2.19. The third kappa shape index (κ3) is 57.8. The van der Waals surface area contributed by atoms with E-state index in [-0.39, 0.29) is 37.5 Å². The van der Waals surface area contributed by atoms with E-state index in [9.17, 15) is 14.4 Å². The molecule has 0 aromatic rings. The van der Waals surface area contributed by atoms with Crippen molar-refractivity contribution in [1.29, 1.82) is 0 Å². The molecule has 73 heavy (non-hydrogen) atoms. The summed E-state index contributed by atoms with van der Waals surface area (Å²) < 4.78 is 16.8. The van der Waals surface area contributed by atoms with Gasteiger partial charge in [0, 0.05) is 19.3 Å². The topological polar surface area (TPSA) is 78.9 Å². The summed E-state index contributed by atoms with van der Waals surface area (Å²) in [7, 11) is 0. The molecule has 0 amide bonds. The molecule has 0 aliphatic carbocycles. The highest BCUT2D eigenvalue weighted by atomic mass is 16.6. The minimum atomic E-state index is -0.821. The summed E-state index contributed by atoms with van der Waals surface area (Å²) >= 11 is 0. The van der Waals surface area contributed by atoms with Crippen LogP contribution in [0.5, 0.6) is 0 Å². The molecule has 408 valence electrons. The van der Waals surface area contributed by atoms with Gasteiger partial charge in [0.25, 0.3) is 0 Å². The highest BCUT2D eigenvalue weighted by molar-refractivity contribution is 5.71. The number of esters is 3. The van der Waals surface area contributed by atoms with E-state index in [1.165, 1.54) is 38.5 Å². The van der Waals surface area contributed by atoms with E-state index in [0.717, 1.165) is 141 Å². The summed E-state index contributed by atoms with van der Waals surface area (Å²) in [6.07, 6.45) is 86.7. The van der Waals surface area contributed by atoms with E-state index < -0.39 is 6.10 Å².